The summed E-state index contributed by atoms with van der Waals surface area (Å²) in [7, 11) is 1.39. The Hall–Kier alpha value is 0.543. The SMILES string of the molecule is COC(C)[O-].C[CH2][Zn+]. The topological polar surface area (TPSA) is 32.3 Å². The van der Waals surface area contributed by atoms with Crippen molar-refractivity contribution < 1.29 is 28.1 Å². The molecule has 0 aromatic carbocycles. The van der Waals surface area contributed by atoms with Gasteiger partial charge in [0.2, 0.25) is 0 Å². The van der Waals surface area contributed by atoms with Gasteiger partial charge in [0.15, 0.2) is 0 Å². The summed E-state index contributed by atoms with van der Waals surface area (Å²) in [5.41, 5.74) is 0. The fraction of sp³-hybridized carbons (Fsp3) is 1.00. The molecule has 46 valence electrons. The van der Waals surface area contributed by atoms with Gasteiger partial charge in [0.1, 0.15) is 0 Å². The molecule has 0 fully saturated rings. The van der Waals surface area contributed by atoms with Crippen molar-refractivity contribution in [2.45, 2.75) is 25.2 Å². The van der Waals surface area contributed by atoms with E-state index in [0.717, 1.165) is 0 Å². The molecule has 0 aliphatic heterocycles. The summed E-state index contributed by atoms with van der Waals surface area (Å²) in [6, 6.07) is 0. The van der Waals surface area contributed by atoms with E-state index in [1.165, 1.54) is 37.4 Å². The van der Waals surface area contributed by atoms with Gasteiger partial charge in [-0.1, -0.05) is 6.92 Å². The third-order valence-corrected chi connectivity index (χ3v) is 0.332. The summed E-state index contributed by atoms with van der Waals surface area (Å²) >= 11 is 1.44. The van der Waals surface area contributed by atoms with E-state index >= 15 is 0 Å². The van der Waals surface area contributed by atoms with E-state index in [2.05, 4.69) is 11.7 Å². The molecule has 1 atom stereocenters. The van der Waals surface area contributed by atoms with E-state index in [9.17, 15) is 5.11 Å². The summed E-state index contributed by atoms with van der Waals surface area (Å²) < 4.78 is 4.19. The van der Waals surface area contributed by atoms with E-state index in [4.69, 9.17) is 0 Å². The molecule has 0 aromatic rings. The van der Waals surface area contributed by atoms with Crippen LogP contribution in [0.3, 0.4) is 0 Å². The fourth-order valence-electron chi connectivity index (χ4n) is 0. The molecule has 8 heavy (non-hydrogen) atoms. The average molecular weight is 170 g/mol. The van der Waals surface area contributed by atoms with Crippen LogP contribution in [-0.4, -0.2) is 13.4 Å². The quantitative estimate of drug-likeness (QED) is 0.418. The molecule has 0 aromatic heterocycles. The van der Waals surface area contributed by atoms with Crippen molar-refractivity contribution in [1.29, 1.82) is 0 Å². The summed E-state index contributed by atoms with van der Waals surface area (Å²) in [6.45, 7) is 3.62. The molecular weight excluding hydrogens is 157 g/mol. The van der Waals surface area contributed by atoms with Crippen LogP contribution in [0.1, 0.15) is 13.8 Å². The van der Waals surface area contributed by atoms with Crippen LogP contribution >= 0.6 is 0 Å². The van der Waals surface area contributed by atoms with Crippen LogP contribution in [0.2, 0.25) is 5.02 Å². The van der Waals surface area contributed by atoms with Crippen molar-refractivity contribution in [3.05, 3.63) is 0 Å². The van der Waals surface area contributed by atoms with Crippen LogP contribution in [-0.2, 0) is 23.0 Å². The molecular formula is C5H12O2Zn. The van der Waals surface area contributed by atoms with Gasteiger partial charge in [-0.15, -0.1) is 0 Å². The van der Waals surface area contributed by atoms with Crippen LogP contribution in [0.4, 0.5) is 0 Å². The monoisotopic (exact) mass is 168 g/mol. The zero-order valence-electron chi connectivity index (χ0n) is 5.81. The molecule has 0 N–H and O–H groups in total. The van der Waals surface area contributed by atoms with Crippen molar-refractivity contribution in [2.75, 3.05) is 7.11 Å². The Labute approximate surface area is 60.9 Å². The van der Waals surface area contributed by atoms with Gasteiger partial charge < -0.3 is 9.84 Å². The predicted molar refractivity (Wildman–Crippen MR) is 27.0 cm³/mol. The fourth-order valence-corrected chi connectivity index (χ4v) is 0. The van der Waals surface area contributed by atoms with Gasteiger partial charge >= 0.3 is 30.2 Å². The molecule has 3 heteroatoms. The average Bonchev–Trinajstić information content (AvgIpc) is 1.69. The number of ether oxygens (including phenoxy) is 1. The summed E-state index contributed by atoms with van der Waals surface area (Å²) in [4.78, 5) is 0. The third kappa shape index (κ3) is 31.1. The Morgan fingerprint density at radius 2 is 1.88 bits per heavy atom. The van der Waals surface area contributed by atoms with Crippen molar-refractivity contribution in [1.82, 2.24) is 0 Å². The van der Waals surface area contributed by atoms with Crippen LogP contribution in [0.25, 0.3) is 0 Å². The molecule has 0 rings (SSSR count). The third-order valence-electron chi connectivity index (χ3n) is 0.332. The number of methoxy groups -OCH3 is 1. The van der Waals surface area contributed by atoms with Gasteiger partial charge in [-0.2, -0.15) is 0 Å². The Morgan fingerprint density at radius 3 is 1.88 bits per heavy atom. The first-order chi connectivity index (χ1) is 3.68. The Kier molecular flexibility index (Phi) is 14.9. The number of hydrogen-bond acceptors (Lipinski definition) is 2. The van der Waals surface area contributed by atoms with E-state index in [-0.39, 0.29) is 0 Å². The maximum absolute atomic E-state index is 9.67. The van der Waals surface area contributed by atoms with Crippen molar-refractivity contribution in [3.63, 3.8) is 0 Å². The zero-order chi connectivity index (χ0) is 6.99. The van der Waals surface area contributed by atoms with E-state index in [1.807, 2.05) is 0 Å². The first kappa shape index (κ1) is 11.4. The minimum atomic E-state index is -0.866. The molecule has 1 unspecified atom stereocenters. The van der Waals surface area contributed by atoms with E-state index in [0.29, 0.717) is 0 Å². The molecule has 0 aliphatic rings. The molecule has 0 aliphatic carbocycles. The van der Waals surface area contributed by atoms with Gasteiger partial charge in [-0.3, -0.25) is 0 Å². The Morgan fingerprint density at radius 1 is 1.75 bits per heavy atom. The normalized spacial score (nSPS) is 11.8. The van der Waals surface area contributed by atoms with Gasteiger partial charge in [0.05, 0.1) is 0 Å². The molecule has 2 nitrogen and oxygen atoms in total. The minimum absolute atomic E-state index is 0.866. The van der Waals surface area contributed by atoms with Gasteiger partial charge in [-0.05, 0) is 6.29 Å². The van der Waals surface area contributed by atoms with Gasteiger partial charge in [0, 0.05) is 7.11 Å². The summed E-state index contributed by atoms with van der Waals surface area (Å²) in [5, 5.41) is 11.0. The standard InChI is InChI=1S/C3H7O2.C2H5.Zn/c1-3(4)5-2;1-2;/h3H,1-2H3;1H2,2H3;/q-1;;+1. The zero-order valence-corrected chi connectivity index (χ0v) is 8.78. The molecule has 0 radical (unpaired) electrons. The summed E-state index contributed by atoms with van der Waals surface area (Å²) in [6.07, 6.45) is -0.866. The van der Waals surface area contributed by atoms with Gasteiger partial charge in [0.25, 0.3) is 0 Å². The molecule has 0 heterocycles. The molecule has 0 bridgehead atoms. The second-order valence-electron chi connectivity index (χ2n) is 1.30. The number of rotatable bonds is 1. The number of hydrogen-bond donors (Lipinski definition) is 0. The van der Waals surface area contributed by atoms with Crippen molar-refractivity contribution >= 4 is 0 Å². The summed E-state index contributed by atoms with van der Waals surface area (Å²) in [5.74, 6) is 0. The van der Waals surface area contributed by atoms with Gasteiger partial charge in [-0.25, -0.2) is 0 Å². The first-order valence-electron chi connectivity index (χ1n) is 2.66. The second kappa shape index (κ2) is 10.5. The first-order valence-corrected chi connectivity index (χ1v) is 4.76. The van der Waals surface area contributed by atoms with Crippen molar-refractivity contribution in [2.24, 2.45) is 0 Å². The molecule has 0 spiro atoms. The Balaban J connectivity index is 0. The predicted octanol–water partition coefficient (Wildman–Crippen LogP) is 0.310. The van der Waals surface area contributed by atoms with Crippen LogP contribution in [0.15, 0.2) is 0 Å². The second-order valence-corrected chi connectivity index (χ2v) is 3.40. The van der Waals surface area contributed by atoms with E-state index < -0.39 is 6.29 Å². The van der Waals surface area contributed by atoms with Crippen LogP contribution < -0.4 is 5.11 Å². The molecule has 0 saturated carbocycles. The molecule has 0 amide bonds. The molecule has 0 saturated heterocycles. The van der Waals surface area contributed by atoms with Crippen LogP contribution in [0, 0.1) is 0 Å². The van der Waals surface area contributed by atoms with E-state index in [1.54, 1.807) is 0 Å². The maximum atomic E-state index is 9.67. The Bertz CT molecular complexity index is 31.6. The van der Waals surface area contributed by atoms with Crippen LogP contribution in [0.5, 0.6) is 0 Å². The van der Waals surface area contributed by atoms with Crippen molar-refractivity contribution in [3.8, 4) is 0 Å².